The zero-order chi connectivity index (χ0) is 22.7. The first-order valence-electron chi connectivity index (χ1n) is 11.2. The van der Waals surface area contributed by atoms with Crippen LogP contribution < -0.4 is 16.0 Å². The molecular weight excluding hydrogens is 410 g/mol. The molecule has 6 nitrogen and oxygen atoms in total. The Bertz CT molecular complexity index is 1120. The molecule has 3 N–H and O–H groups in total. The highest BCUT2D eigenvalue weighted by molar-refractivity contribution is 5.84. The molecule has 1 amide bonds. The fourth-order valence-electron chi connectivity index (χ4n) is 4.91. The molecule has 6 heteroatoms. The van der Waals surface area contributed by atoms with Gasteiger partial charge in [-0.05, 0) is 23.1 Å². The van der Waals surface area contributed by atoms with E-state index in [1.54, 1.807) is 0 Å². The minimum atomic E-state index is -0.803. The molecule has 1 aliphatic rings. The van der Waals surface area contributed by atoms with Crippen molar-refractivity contribution in [2.45, 2.75) is 18.5 Å². The van der Waals surface area contributed by atoms with Gasteiger partial charge in [0.25, 0.3) is 0 Å². The lowest BCUT2D eigenvalue weighted by atomic mass is 9.75. The number of nitrogens with zero attached hydrogens (tertiary/aromatic N) is 3. The quantitative estimate of drug-likeness (QED) is 0.429. The highest BCUT2D eigenvalue weighted by atomic mass is 16.1. The molecule has 0 saturated heterocycles. The summed E-state index contributed by atoms with van der Waals surface area (Å²) >= 11 is 0. The number of hydrogen-bond donors (Lipinski definition) is 2. The van der Waals surface area contributed by atoms with E-state index in [4.69, 9.17) is 5.73 Å². The summed E-state index contributed by atoms with van der Waals surface area (Å²) < 4.78 is 1.97. The summed E-state index contributed by atoms with van der Waals surface area (Å²) in [5, 5.41) is 8.14. The number of hydrogen-bond acceptors (Lipinski definition) is 4. The Balaban J connectivity index is 1.87. The Morgan fingerprint density at radius 1 is 0.909 bits per heavy atom. The molecule has 0 unspecified atom stereocenters. The maximum Gasteiger partial charge on any atom is 0.237 e. The van der Waals surface area contributed by atoms with Gasteiger partial charge in [0.2, 0.25) is 5.91 Å². The van der Waals surface area contributed by atoms with Crippen LogP contribution in [-0.4, -0.2) is 28.8 Å². The highest BCUT2D eigenvalue weighted by Gasteiger charge is 2.44. The van der Waals surface area contributed by atoms with Gasteiger partial charge in [0.15, 0.2) is 0 Å². The molecular formula is C27H27N5O. The second-order valence-corrected chi connectivity index (χ2v) is 8.24. The molecule has 0 bridgehead atoms. The predicted molar refractivity (Wildman–Crippen MR) is 131 cm³/mol. The van der Waals surface area contributed by atoms with E-state index in [1.165, 1.54) is 0 Å². The first-order chi connectivity index (χ1) is 16.2. The second-order valence-electron chi connectivity index (χ2n) is 8.24. The molecule has 3 aromatic carbocycles. The molecule has 5 rings (SSSR count). The number of rotatable bonds is 7. The van der Waals surface area contributed by atoms with Crippen molar-refractivity contribution in [3.63, 3.8) is 0 Å². The van der Waals surface area contributed by atoms with Crippen molar-refractivity contribution in [2.75, 3.05) is 23.3 Å². The molecule has 0 fully saturated rings. The van der Waals surface area contributed by atoms with Crippen molar-refractivity contribution in [1.82, 2.24) is 9.78 Å². The van der Waals surface area contributed by atoms with E-state index in [0.717, 1.165) is 47.7 Å². The number of nitrogens with two attached hydrogens (primary N) is 1. The molecule has 0 atom stereocenters. The molecule has 0 spiro atoms. The fraction of sp³-hybridized carbons (Fsp3) is 0.185. The highest BCUT2D eigenvalue weighted by Crippen LogP contribution is 2.46. The van der Waals surface area contributed by atoms with Crippen molar-refractivity contribution in [3.8, 4) is 0 Å². The first kappa shape index (κ1) is 20.8. The zero-order valence-electron chi connectivity index (χ0n) is 18.4. The van der Waals surface area contributed by atoms with Gasteiger partial charge < -0.3 is 16.0 Å². The Morgan fingerprint density at radius 3 is 1.91 bits per heavy atom. The van der Waals surface area contributed by atoms with Crippen LogP contribution in [0.4, 0.5) is 11.5 Å². The normalized spacial score (nSPS) is 13.1. The van der Waals surface area contributed by atoms with Crippen LogP contribution in [0.1, 0.15) is 23.1 Å². The van der Waals surface area contributed by atoms with E-state index in [2.05, 4.69) is 51.7 Å². The van der Waals surface area contributed by atoms with Gasteiger partial charge in [-0.25, -0.2) is 4.68 Å². The number of carbonyl (C=O) groups is 1. The van der Waals surface area contributed by atoms with Crippen LogP contribution in [0.3, 0.4) is 0 Å². The number of primary amides is 1. The standard InChI is InChI=1S/C27H27N5O/c28-25(33)20-31(24-19-30-32-18-10-17-29-26(24)32)27(21-11-4-1-5-12-21,22-13-6-2-7-14-22)23-15-8-3-9-16-23/h1-9,11-16,19,29H,10,17-18,20H2,(H2,28,33). The number of aromatic nitrogens is 2. The maximum absolute atomic E-state index is 12.5. The lowest BCUT2D eigenvalue weighted by molar-refractivity contribution is -0.116. The molecule has 0 radical (unpaired) electrons. The van der Waals surface area contributed by atoms with E-state index in [-0.39, 0.29) is 6.54 Å². The average molecular weight is 438 g/mol. The Hall–Kier alpha value is -4.06. The number of aryl methyl sites for hydroxylation is 1. The first-order valence-corrected chi connectivity index (χ1v) is 11.2. The number of amides is 1. The summed E-state index contributed by atoms with van der Waals surface area (Å²) in [5.41, 5.74) is 9.05. The maximum atomic E-state index is 12.5. The number of carbonyl (C=O) groups excluding carboxylic acids is 1. The van der Waals surface area contributed by atoms with Gasteiger partial charge in [-0.2, -0.15) is 5.10 Å². The van der Waals surface area contributed by atoms with Gasteiger partial charge in [0.05, 0.1) is 12.7 Å². The third kappa shape index (κ3) is 3.63. The Morgan fingerprint density at radius 2 is 1.42 bits per heavy atom. The topological polar surface area (TPSA) is 76.2 Å². The second kappa shape index (κ2) is 8.82. The van der Waals surface area contributed by atoms with Crippen molar-refractivity contribution in [3.05, 3.63) is 114 Å². The van der Waals surface area contributed by atoms with E-state index in [0.29, 0.717) is 0 Å². The van der Waals surface area contributed by atoms with Gasteiger partial charge in [-0.1, -0.05) is 91.0 Å². The molecule has 166 valence electrons. The summed E-state index contributed by atoms with van der Waals surface area (Å²) in [6.45, 7) is 1.72. The summed E-state index contributed by atoms with van der Waals surface area (Å²) in [6.07, 6.45) is 2.85. The van der Waals surface area contributed by atoms with Crippen LogP contribution in [-0.2, 0) is 16.9 Å². The minimum Gasteiger partial charge on any atom is -0.368 e. The van der Waals surface area contributed by atoms with E-state index in [1.807, 2.05) is 65.5 Å². The van der Waals surface area contributed by atoms with Crippen LogP contribution in [0.5, 0.6) is 0 Å². The monoisotopic (exact) mass is 437 g/mol. The molecule has 2 heterocycles. The minimum absolute atomic E-state index is 0.0268. The largest absolute Gasteiger partial charge is 0.368 e. The molecule has 0 saturated carbocycles. The van der Waals surface area contributed by atoms with Crippen molar-refractivity contribution in [2.24, 2.45) is 5.73 Å². The van der Waals surface area contributed by atoms with Crippen LogP contribution in [0.2, 0.25) is 0 Å². The summed E-state index contributed by atoms with van der Waals surface area (Å²) in [6, 6.07) is 30.9. The Labute approximate surface area is 193 Å². The van der Waals surface area contributed by atoms with Crippen molar-refractivity contribution >= 4 is 17.4 Å². The van der Waals surface area contributed by atoms with Crippen molar-refractivity contribution < 1.29 is 4.79 Å². The van der Waals surface area contributed by atoms with Gasteiger partial charge in [0, 0.05) is 13.1 Å². The number of nitrogens with one attached hydrogen (secondary N) is 1. The van der Waals surface area contributed by atoms with Gasteiger partial charge in [-0.3, -0.25) is 4.79 Å². The Kier molecular flexibility index (Phi) is 5.57. The number of fused-ring (bicyclic) bond motifs is 1. The smallest absolute Gasteiger partial charge is 0.237 e. The summed E-state index contributed by atoms with van der Waals surface area (Å²) in [4.78, 5) is 14.7. The predicted octanol–water partition coefficient (Wildman–Crippen LogP) is 3.98. The zero-order valence-corrected chi connectivity index (χ0v) is 18.4. The number of anilines is 2. The SMILES string of the molecule is NC(=O)CN(c1cnn2c1NCCC2)C(c1ccccc1)(c1ccccc1)c1ccccc1. The summed E-state index contributed by atoms with van der Waals surface area (Å²) in [5.74, 6) is 0.507. The van der Waals surface area contributed by atoms with Crippen LogP contribution in [0.25, 0.3) is 0 Å². The third-order valence-electron chi connectivity index (χ3n) is 6.24. The van der Waals surface area contributed by atoms with Gasteiger partial charge in [0.1, 0.15) is 17.0 Å². The van der Waals surface area contributed by atoms with Crippen molar-refractivity contribution in [1.29, 1.82) is 0 Å². The number of benzene rings is 3. The fourth-order valence-corrected chi connectivity index (χ4v) is 4.91. The van der Waals surface area contributed by atoms with E-state index in [9.17, 15) is 4.79 Å². The molecule has 33 heavy (non-hydrogen) atoms. The lowest BCUT2D eigenvalue weighted by Crippen LogP contribution is -2.52. The van der Waals surface area contributed by atoms with Crippen LogP contribution >= 0.6 is 0 Å². The third-order valence-corrected chi connectivity index (χ3v) is 6.24. The summed E-state index contributed by atoms with van der Waals surface area (Å²) in [7, 11) is 0. The molecule has 4 aromatic rings. The van der Waals surface area contributed by atoms with Crippen LogP contribution in [0.15, 0.2) is 97.2 Å². The van der Waals surface area contributed by atoms with Crippen LogP contribution in [0, 0.1) is 0 Å². The molecule has 0 aliphatic carbocycles. The van der Waals surface area contributed by atoms with Gasteiger partial charge >= 0.3 is 0 Å². The van der Waals surface area contributed by atoms with E-state index < -0.39 is 11.4 Å². The molecule has 1 aromatic heterocycles. The van der Waals surface area contributed by atoms with E-state index >= 15 is 0 Å². The average Bonchev–Trinajstić information content (AvgIpc) is 3.30. The molecule has 1 aliphatic heterocycles. The lowest BCUT2D eigenvalue weighted by Gasteiger charge is -2.46. The van der Waals surface area contributed by atoms with Gasteiger partial charge in [-0.15, -0.1) is 0 Å².